The number of hydrogen-bond acceptors (Lipinski definition) is 4. The van der Waals surface area contributed by atoms with Crippen molar-refractivity contribution < 1.29 is 0 Å². The molecule has 72 valence electrons. The van der Waals surface area contributed by atoms with Crippen molar-refractivity contribution in [2.75, 3.05) is 26.2 Å². The molecule has 0 saturated carbocycles. The van der Waals surface area contributed by atoms with Gasteiger partial charge in [0, 0.05) is 31.6 Å². The van der Waals surface area contributed by atoms with Gasteiger partial charge in [-0.15, -0.1) is 24.8 Å². The first-order valence-corrected chi connectivity index (χ1v) is 3.05. The molecule has 0 amide bonds. The third kappa shape index (κ3) is 4.79. The van der Waals surface area contributed by atoms with Gasteiger partial charge in [-0.3, -0.25) is 0 Å². The summed E-state index contributed by atoms with van der Waals surface area (Å²) in [6, 6.07) is 0. The van der Waals surface area contributed by atoms with Crippen LogP contribution in [0.2, 0.25) is 0 Å². The van der Waals surface area contributed by atoms with E-state index in [2.05, 4.69) is 0 Å². The van der Waals surface area contributed by atoms with E-state index in [9.17, 15) is 0 Å². The molecule has 0 radical (unpaired) electrons. The van der Waals surface area contributed by atoms with Gasteiger partial charge in [-0.1, -0.05) is 0 Å². The van der Waals surface area contributed by atoms with Gasteiger partial charge in [-0.05, 0) is 0 Å². The summed E-state index contributed by atoms with van der Waals surface area (Å²) in [5.74, 6) is 0. The van der Waals surface area contributed by atoms with Crippen LogP contribution < -0.4 is 22.9 Å². The Kier molecular flexibility index (Phi) is 13.5. The Morgan fingerprint density at radius 2 is 0.818 bits per heavy atom. The highest BCUT2D eigenvalue weighted by molar-refractivity contribution is 5.85. The maximum Gasteiger partial charge on any atom is 0.0193 e. The van der Waals surface area contributed by atoms with E-state index < -0.39 is 0 Å². The van der Waals surface area contributed by atoms with Crippen molar-refractivity contribution in [3.05, 3.63) is 0 Å². The summed E-state index contributed by atoms with van der Waals surface area (Å²) in [6.07, 6.45) is 0. The summed E-state index contributed by atoms with van der Waals surface area (Å²) in [6.45, 7) is 1.88. The van der Waals surface area contributed by atoms with Crippen LogP contribution >= 0.6 is 24.8 Å². The van der Waals surface area contributed by atoms with Gasteiger partial charge in [-0.25, -0.2) is 0 Å². The fraction of sp³-hybridized carbons (Fsp3) is 1.00. The van der Waals surface area contributed by atoms with E-state index >= 15 is 0 Å². The summed E-state index contributed by atoms with van der Waals surface area (Å²) in [4.78, 5) is 0. The van der Waals surface area contributed by atoms with Crippen molar-refractivity contribution in [3.8, 4) is 0 Å². The molecular weight excluding hydrogens is 187 g/mol. The van der Waals surface area contributed by atoms with Crippen LogP contribution in [-0.4, -0.2) is 26.2 Å². The molecule has 0 aliphatic heterocycles. The monoisotopic (exact) mass is 204 g/mol. The lowest BCUT2D eigenvalue weighted by molar-refractivity contribution is 0.333. The second kappa shape index (κ2) is 8.52. The lowest BCUT2D eigenvalue weighted by Crippen LogP contribution is -2.49. The predicted octanol–water partition coefficient (Wildman–Crippen LogP) is -1.35. The maximum atomic E-state index is 5.40. The Balaban J connectivity index is -0.000000320. The summed E-state index contributed by atoms with van der Waals surface area (Å²) in [5.41, 5.74) is 21.4. The number of rotatable bonds is 4. The van der Waals surface area contributed by atoms with Crippen LogP contribution in [0, 0.1) is 5.41 Å². The topological polar surface area (TPSA) is 104 Å². The van der Waals surface area contributed by atoms with Gasteiger partial charge >= 0.3 is 0 Å². The minimum absolute atomic E-state index is 0. The molecule has 0 spiro atoms. The maximum absolute atomic E-state index is 5.40. The van der Waals surface area contributed by atoms with Crippen molar-refractivity contribution in [2.24, 2.45) is 28.3 Å². The number of hydrogen-bond donors (Lipinski definition) is 4. The van der Waals surface area contributed by atoms with Crippen LogP contribution in [0.15, 0.2) is 0 Å². The zero-order valence-electron chi connectivity index (χ0n) is 6.45. The van der Waals surface area contributed by atoms with Crippen LogP contribution in [-0.2, 0) is 0 Å². The van der Waals surface area contributed by atoms with Gasteiger partial charge in [0.15, 0.2) is 0 Å². The summed E-state index contributed by atoms with van der Waals surface area (Å²) in [5, 5.41) is 0. The first-order valence-electron chi connectivity index (χ1n) is 3.05. The minimum Gasteiger partial charge on any atom is -0.330 e. The second-order valence-corrected chi connectivity index (χ2v) is 2.32. The Morgan fingerprint density at radius 3 is 0.818 bits per heavy atom. The third-order valence-corrected chi connectivity index (χ3v) is 1.73. The van der Waals surface area contributed by atoms with Gasteiger partial charge in [0.05, 0.1) is 0 Å². The van der Waals surface area contributed by atoms with E-state index in [1.165, 1.54) is 0 Å². The molecule has 0 aliphatic carbocycles. The number of halogens is 2. The van der Waals surface area contributed by atoms with E-state index in [0.29, 0.717) is 26.2 Å². The van der Waals surface area contributed by atoms with Gasteiger partial charge in [0.1, 0.15) is 0 Å². The van der Waals surface area contributed by atoms with E-state index in [1.54, 1.807) is 0 Å². The fourth-order valence-electron chi connectivity index (χ4n) is 0.500. The first kappa shape index (κ1) is 17.5. The molecule has 8 N–H and O–H groups in total. The highest BCUT2D eigenvalue weighted by atomic mass is 35.5. The molecule has 0 unspecified atom stereocenters. The molecule has 4 nitrogen and oxygen atoms in total. The first-order chi connectivity index (χ1) is 4.24. The van der Waals surface area contributed by atoms with Crippen LogP contribution in [0.4, 0.5) is 0 Å². The van der Waals surface area contributed by atoms with E-state index in [4.69, 9.17) is 22.9 Å². The fourth-order valence-corrected chi connectivity index (χ4v) is 0.500. The van der Waals surface area contributed by atoms with E-state index in [-0.39, 0.29) is 30.2 Å². The van der Waals surface area contributed by atoms with Crippen LogP contribution in [0.3, 0.4) is 0 Å². The third-order valence-electron chi connectivity index (χ3n) is 1.73. The summed E-state index contributed by atoms with van der Waals surface area (Å²) < 4.78 is 0. The molecule has 0 atom stereocenters. The molecule has 0 aromatic heterocycles. The molecule has 0 saturated heterocycles. The Morgan fingerprint density at radius 1 is 0.636 bits per heavy atom. The molecule has 0 aliphatic rings. The van der Waals surface area contributed by atoms with Crippen molar-refractivity contribution in [1.29, 1.82) is 0 Å². The minimum atomic E-state index is -0.222. The smallest absolute Gasteiger partial charge is 0.0193 e. The second-order valence-electron chi connectivity index (χ2n) is 2.32. The summed E-state index contributed by atoms with van der Waals surface area (Å²) in [7, 11) is 0. The van der Waals surface area contributed by atoms with Crippen molar-refractivity contribution >= 4 is 24.8 Å². The van der Waals surface area contributed by atoms with Gasteiger partial charge < -0.3 is 22.9 Å². The summed E-state index contributed by atoms with van der Waals surface area (Å²) >= 11 is 0. The van der Waals surface area contributed by atoms with Gasteiger partial charge in [0.2, 0.25) is 0 Å². The molecule has 0 fully saturated rings. The highest BCUT2D eigenvalue weighted by Crippen LogP contribution is 2.06. The quantitative estimate of drug-likeness (QED) is 0.455. The van der Waals surface area contributed by atoms with E-state index in [1.807, 2.05) is 0 Å². The van der Waals surface area contributed by atoms with Gasteiger partial charge in [0.25, 0.3) is 0 Å². The molecule has 0 aromatic rings. The molecule has 6 heteroatoms. The predicted molar refractivity (Wildman–Crippen MR) is 53.1 cm³/mol. The Labute approximate surface area is 79.9 Å². The zero-order valence-corrected chi connectivity index (χ0v) is 8.09. The number of nitrogens with two attached hydrogens (primary N) is 4. The normalized spacial score (nSPS) is 9.82. The largest absolute Gasteiger partial charge is 0.330 e. The molecule has 0 bridgehead atoms. The van der Waals surface area contributed by atoms with E-state index in [0.717, 1.165) is 0 Å². The Hall–Kier alpha value is 0.420. The van der Waals surface area contributed by atoms with Crippen molar-refractivity contribution in [3.63, 3.8) is 0 Å². The van der Waals surface area contributed by atoms with Crippen LogP contribution in [0.25, 0.3) is 0 Å². The SMILES string of the molecule is Cl.Cl.NCC(CN)(CN)CN. The Bertz CT molecular complexity index is 59.4. The molecular formula is C5H18Cl2N4. The lowest BCUT2D eigenvalue weighted by Gasteiger charge is -2.26. The van der Waals surface area contributed by atoms with Crippen LogP contribution in [0.5, 0.6) is 0 Å². The molecule has 0 rings (SSSR count). The molecule has 0 aromatic carbocycles. The van der Waals surface area contributed by atoms with Crippen molar-refractivity contribution in [1.82, 2.24) is 0 Å². The average Bonchev–Trinajstić information content (AvgIpc) is 1.95. The average molecular weight is 205 g/mol. The zero-order chi connectivity index (χ0) is 7.33. The van der Waals surface area contributed by atoms with Gasteiger partial charge in [-0.2, -0.15) is 0 Å². The standard InChI is InChI=1S/C5H16N4.2ClH/c6-1-5(2-7,3-8)4-9;;/h1-4,6-9H2;2*1H. The molecule has 11 heavy (non-hydrogen) atoms. The van der Waals surface area contributed by atoms with Crippen LogP contribution in [0.1, 0.15) is 0 Å². The highest BCUT2D eigenvalue weighted by Gasteiger charge is 2.22. The molecule has 0 heterocycles. The lowest BCUT2D eigenvalue weighted by atomic mass is 9.89. The van der Waals surface area contributed by atoms with Crippen molar-refractivity contribution in [2.45, 2.75) is 0 Å².